The highest BCUT2D eigenvalue weighted by molar-refractivity contribution is 7.28. The van der Waals surface area contributed by atoms with Crippen molar-refractivity contribution in [2.45, 2.75) is 39.2 Å². The lowest BCUT2D eigenvalue weighted by molar-refractivity contribution is -0.127. The fourth-order valence-electron chi connectivity index (χ4n) is 4.04. The van der Waals surface area contributed by atoms with E-state index in [1.54, 1.807) is 6.92 Å². The second kappa shape index (κ2) is 11.4. The molecule has 0 bridgehead atoms. The molecular weight excluding hydrogens is 476 g/mol. The number of hydrogen-bond acceptors (Lipinski definition) is 5. The number of nitrogens with zero attached hydrogens (tertiary/aromatic N) is 1. The lowest BCUT2D eigenvalue weighted by atomic mass is 10.0. The Kier molecular flexibility index (Phi) is 8.34. The average molecular weight is 508 g/mol. The molecule has 35 heavy (non-hydrogen) atoms. The van der Waals surface area contributed by atoms with Gasteiger partial charge in [0.15, 0.2) is 11.4 Å². The molecule has 5 nitrogen and oxygen atoms in total. The molecule has 0 aliphatic rings. The van der Waals surface area contributed by atoms with Crippen LogP contribution in [0.1, 0.15) is 31.4 Å². The van der Waals surface area contributed by atoms with E-state index in [2.05, 4.69) is 65.9 Å². The van der Waals surface area contributed by atoms with Crippen molar-refractivity contribution < 1.29 is 19.1 Å². The third-order valence-electron chi connectivity index (χ3n) is 6.16. The number of aliphatic hydroxyl groups excluding tert-OH is 1. The van der Waals surface area contributed by atoms with Crippen LogP contribution in [-0.4, -0.2) is 28.6 Å². The molecule has 0 amide bonds. The second-order valence-electron chi connectivity index (χ2n) is 8.94. The number of aliphatic hydroxyl groups is 1. The van der Waals surface area contributed by atoms with Gasteiger partial charge in [-0.1, -0.05) is 52.6 Å². The van der Waals surface area contributed by atoms with Crippen molar-refractivity contribution in [3.05, 3.63) is 71.8 Å². The molecule has 182 valence electrons. The number of aryl methyl sites for hydroxylation is 2. The van der Waals surface area contributed by atoms with E-state index in [0.29, 0.717) is 17.2 Å². The van der Waals surface area contributed by atoms with Gasteiger partial charge in [-0.25, -0.2) is 4.98 Å². The largest absolute Gasteiger partial charge is 0.492 e. The van der Waals surface area contributed by atoms with E-state index in [4.69, 9.17) is 9.15 Å². The smallest absolute Gasteiger partial charge is 0.227 e. The molecule has 1 aromatic heterocycles. The summed E-state index contributed by atoms with van der Waals surface area (Å²) in [6.45, 7) is 3.38. The standard InChI is InChI=1S/C28H31NO4P2/c1-17(25(31)18(2)30)16-32-23-14-13-22-26(27(23)35)33-28(29-22)21-12-11-20(24(34)15-21)10-6-9-19-7-4-3-5-8-19/h3-5,7-8,11-15,17,25,31H,6,9-10,16,34-35H2,1-2H3/t17-,25?/m0/s1. The first-order chi connectivity index (χ1) is 16.8. The maximum Gasteiger partial charge on any atom is 0.227 e. The minimum absolute atomic E-state index is 0.219. The minimum Gasteiger partial charge on any atom is -0.492 e. The number of carbonyl (C=O) groups is 1. The summed E-state index contributed by atoms with van der Waals surface area (Å²) in [7, 11) is 5.49. The number of ketones is 1. The van der Waals surface area contributed by atoms with Crippen molar-refractivity contribution in [1.29, 1.82) is 0 Å². The van der Waals surface area contributed by atoms with Crippen LogP contribution in [0.4, 0.5) is 0 Å². The van der Waals surface area contributed by atoms with Gasteiger partial charge in [0, 0.05) is 11.5 Å². The molecule has 7 heteroatoms. The summed E-state index contributed by atoms with van der Waals surface area (Å²) in [5.41, 5.74) is 4.96. The van der Waals surface area contributed by atoms with E-state index < -0.39 is 6.10 Å². The molecule has 0 fully saturated rings. The lowest BCUT2D eigenvalue weighted by Gasteiger charge is -2.17. The van der Waals surface area contributed by atoms with E-state index in [1.807, 2.05) is 18.2 Å². The zero-order valence-electron chi connectivity index (χ0n) is 20.0. The SMILES string of the molecule is CC(=O)C(O)[C@@H](C)COc1ccc2nc(-c3ccc(CCCc4ccccc4)c(P)c3)oc2c1P. The number of fused-ring (bicyclic) bond motifs is 1. The van der Waals surface area contributed by atoms with Crippen molar-refractivity contribution >= 4 is 46.0 Å². The molecule has 1 heterocycles. The summed E-state index contributed by atoms with van der Waals surface area (Å²) in [6.07, 6.45) is 2.13. The number of aromatic nitrogens is 1. The van der Waals surface area contributed by atoms with Gasteiger partial charge >= 0.3 is 0 Å². The van der Waals surface area contributed by atoms with Gasteiger partial charge < -0.3 is 14.3 Å². The highest BCUT2D eigenvalue weighted by Crippen LogP contribution is 2.28. The zero-order chi connectivity index (χ0) is 24.9. The minimum atomic E-state index is -1.04. The van der Waals surface area contributed by atoms with Crippen molar-refractivity contribution in [3.8, 4) is 17.2 Å². The first kappa shape index (κ1) is 25.5. The molecule has 3 unspecified atom stereocenters. The highest BCUT2D eigenvalue weighted by atomic mass is 31.0. The third-order valence-corrected chi connectivity index (χ3v) is 7.24. The maximum absolute atomic E-state index is 11.4. The van der Waals surface area contributed by atoms with E-state index in [9.17, 15) is 9.90 Å². The Labute approximate surface area is 210 Å². The van der Waals surface area contributed by atoms with Gasteiger partial charge in [0.25, 0.3) is 0 Å². The van der Waals surface area contributed by atoms with Crippen molar-refractivity contribution in [2.24, 2.45) is 5.92 Å². The molecule has 4 aromatic rings. The molecule has 0 radical (unpaired) electrons. The van der Waals surface area contributed by atoms with Crippen LogP contribution in [0.5, 0.6) is 5.75 Å². The van der Waals surface area contributed by atoms with Crippen LogP contribution >= 0.6 is 18.5 Å². The Bertz CT molecular complexity index is 1320. The Balaban J connectivity index is 1.46. The summed E-state index contributed by atoms with van der Waals surface area (Å²) in [5, 5.41) is 11.8. The van der Waals surface area contributed by atoms with Gasteiger partial charge in [0.2, 0.25) is 5.89 Å². The monoisotopic (exact) mass is 507 g/mol. The number of rotatable bonds is 10. The maximum atomic E-state index is 11.4. The summed E-state index contributed by atoms with van der Waals surface area (Å²) >= 11 is 0. The number of benzene rings is 3. The summed E-state index contributed by atoms with van der Waals surface area (Å²) < 4.78 is 12.0. The summed E-state index contributed by atoms with van der Waals surface area (Å²) in [5.74, 6) is 0.594. The first-order valence-corrected chi connectivity index (χ1v) is 12.9. The van der Waals surface area contributed by atoms with Gasteiger partial charge in [-0.05, 0) is 66.9 Å². The summed E-state index contributed by atoms with van der Waals surface area (Å²) in [6, 6.07) is 20.5. The summed E-state index contributed by atoms with van der Waals surface area (Å²) in [4.78, 5) is 16.1. The third kappa shape index (κ3) is 6.16. The lowest BCUT2D eigenvalue weighted by Crippen LogP contribution is -2.30. The predicted octanol–water partition coefficient (Wildman–Crippen LogP) is 4.64. The Hall–Kier alpha value is -2.58. The van der Waals surface area contributed by atoms with Gasteiger partial charge in [-0.3, -0.25) is 4.79 Å². The number of Topliss-reactive ketones (excluding diaryl/α,β-unsaturated/α-hetero) is 1. The van der Waals surface area contributed by atoms with Crippen LogP contribution in [0.2, 0.25) is 0 Å². The fourth-order valence-corrected chi connectivity index (χ4v) is 4.85. The van der Waals surface area contributed by atoms with Crippen LogP contribution in [0.15, 0.2) is 65.1 Å². The van der Waals surface area contributed by atoms with E-state index in [0.717, 1.165) is 41.0 Å². The van der Waals surface area contributed by atoms with E-state index in [-0.39, 0.29) is 18.3 Å². The average Bonchev–Trinajstić information content (AvgIpc) is 3.30. The molecule has 3 aromatic carbocycles. The fraction of sp³-hybridized carbons (Fsp3) is 0.286. The van der Waals surface area contributed by atoms with E-state index >= 15 is 0 Å². The molecule has 4 rings (SSSR count). The molecule has 0 aliphatic carbocycles. The van der Waals surface area contributed by atoms with Crippen LogP contribution in [0, 0.1) is 5.92 Å². The number of carbonyl (C=O) groups excluding carboxylic acids is 1. The number of ether oxygens (including phenoxy) is 1. The molecule has 0 aliphatic heterocycles. The van der Waals surface area contributed by atoms with Crippen LogP contribution in [0.3, 0.4) is 0 Å². The van der Waals surface area contributed by atoms with Crippen LogP contribution in [-0.2, 0) is 17.6 Å². The number of oxazole rings is 1. The Morgan fingerprint density at radius 3 is 2.57 bits per heavy atom. The second-order valence-corrected chi connectivity index (χ2v) is 10.1. The quantitative estimate of drug-likeness (QED) is 0.317. The van der Waals surface area contributed by atoms with Crippen molar-refractivity contribution in [1.82, 2.24) is 4.98 Å². The normalized spacial score (nSPS) is 13.1. The highest BCUT2D eigenvalue weighted by Gasteiger charge is 2.20. The molecule has 1 N–H and O–H groups in total. The van der Waals surface area contributed by atoms with E-state index in [1.165, 1.54) is 18.1 Å². The van der Waals surface area contributed by atoms with Crippen molar-refractivity contribution in [3.63, 3.8) is 0 Å². The first-order valence-electron chi connectivity index (χ1n) is 11.8. The topological polar surface area (TPSA) is 72.6 Å². The van der Waals surface area contributed by atoms with Crippen LogP contribution < -0.4 is 15.3 Å². The molecule has 4 atom stereocenters. The van der Waals surface area contributed by atoms with Crippen LogP contribution in [0.25, 0.3) is 22.6 Å². The van der Waals surface area contributed by atoms with Gasteiger partial charge in [-0.2, -0.15) is 0 Å². The molecule has 0 saturated carbocycles. The predicted molar refractivity (Wildman–Crippen MR) is 148 cm³/mol. The van der Waals surface area contributed by atoms with Gasteiger partial charge in [-0.15, -0.1) is 9.24 Å². The van der Waals surface area contributed by atoms with Gasteiger partial charge in [0.1, 0.15) is 17.4 Å². The Morgan fingerprint density at radius 1 is 1.09 bits per heavy atom. The van der Waals surface area contributed by atoms with Gasteiger partial charge in [0.05, 0.1) is 11.9 Å². The molecular formula is C28H31NO4P2. The molecule has 0 spiro atoms. The molecule has 0 saturated heterocycles. The number of hydrogen-bond donors (Lipinski definition) is 1. The zero-order valence-corrected chi connectivity index (χ0v) is 22.3. The van der Waals surface area contributed by atoms with Crippen molar-refractivity contribution in [2.75, 3.05) is 6.61 Å². The Morgan fingerprint density at radius 2 is 1.86 bits per heavy atom.